The number of hydrogen-bond donors (Lipinski definition) is 0. The molecule has 4 nitrogen and oxygen atoms in total. The van der Waals surface area contributed by atoms with Gasteiger partial charge in [-0.15, -0.1) is 0 Å². The third-order valence-corrected chi connectivity index (χ3v) is 4.60. The minimum absolute atomic E-state index is 0.245. The van der Waals surface area contributed by atoms with Crippen LogP contribution in [0, 0.1) is 11.3 Å². The maximum absolute atomic E-state index is 12.5. The largest absolute Gasteiger partial charge is 0.455 e. The Balaban J connectivity index is 2.48. The van der Waals surface area contributed by atoms with Gasteiger partial charge in [-0.25, -0.2) is 4.79 Å². The minimum Gasteiger partial charge on any atom is -0.455 e. The van der Waals surface area contributed by atoms with Gasteiger partial charge in [0.15, 0.2) is 0 Å². The average Bonchev–Trinajstić information content (AvgIpc) is 3.18. The summed E-state index contributed by atoms with van der Waals surface area (Å²) in [6, 6.07) is 0. The normalized spacial score (nSPS) is 19.5. The Morgan fingerprint density at radius 3 is 2.13 bits per heavy atom. The Bertz CT molecular complexity index is 379. The van der Waals surface area contributed by atoms with Gasteiger partial charge < -0.3 is 4.74 Å². The minimum atomic E-state index is -1.14. The van der Waals surface area contributed by atoms with Crippen LogP contribution in [0.2, 0.25) is 0 Å². The second-order valence-corrected chi connectivity index (χ2v) is 8.81. The van der Waals surface area contributed by atoms with E-state index in [0.29, 0.717) is 12.3 Å². The van der Waals surface area contributed by atoms with Gasteiger partial charge in [0.1, 0.15) is 5.60 Å². The van der Waals surface area contributed by atoms with E-state index in [9.17, 15) is 4.79 Å². The third kappa shape index (κ3) is 7.21. The van der Waals surface area contributed by atoms with Crippen molar-refractivity contribution in [2.24, 2.45) is 11.3 Å². The molecule has 0 aliphatic carbocycles. The van der Waals surface area contributed by atoms with E-state index in [1.165, 1.54) is 0 Å². The molecule has 0 saturated carbocycles. The first-order chi connectivity index (χ1) is 10.5. The SMILES string of the molecule is CCC(C)(CCCC(C)C)OC(=O)C1(CCCC(C)(C)C)OO1. The monoisotopic (exact) mass is 328 g/mol. The zero-order valence-electron chi connectivity index (χ0n) is 16.2. The Morgan fingerprint density at radius 1 is 1.09 bits per heavy atom. The molecule has 23 heavy (non-hydrogen) atoms. The predicted octanol–water partition coefficient (Wildman–Crippen LogP) is 5.40. The fraction of sp³-hybridized carbons (Fsp3) is 0.947. The molecule has 1 aliphatic heterocycles. The van der Waals surface area contributed by atoms with Gasteiger partial charge in [-0.05, 0) is 50.4 Å². The molecule has 0 radical (unpaired) electrons. The van der Waals surface area contributed by atoms with Gasteiger partial charge in [0.25, 0.3) is 0 Å². The Hall–Kier alpha value is -0.610. The topological polar surface area (TPSA) is 51.4 Å². The summed E-state index contributed by atoms with van der Waals surface area (Å²) >= 11 is 0. The molecule has 136 valence electrons. The van der Waals surface area contributed by atoms with E-state index in [-0.39, 0.29) is 11.4 Å². The first kappa shape index (κ1) is 20.4. The first-order valence-corrected chi connectivity index (χ1v) is 9.12. The Labute approximate surface area is 142 Å². The summed E-state index contributed by atoms with van der Waals surface area (Å²) in [5.41, 5.74) is -0.187. The summed E-state index contributed by atoms with van der Waals surface area (Å²) in [4.78, 5) is 22.5. The molecule has 0 N–H and O–H groups in total. The maximum Gasteiger partial charge on any atom is 0.373 e. The standard InChI is InChI=1S/C19H36O4/c1-8-18(7,13-9-11-15(2)3)21-16(20)19(22-23-19)14-10-12-17(4,5)6/h15H,8-14H2,1-7H3. The maximum atomic E-state index is 12.5. The number of ether oxygens (including phenoxy) is 1. The summed E-state index contributed by atoms with van der Waals surface area (Å²) in [5, 5.41) is 0. The van der Waals surface area contributed by atoms with E-state index in [0.717, 1.165) is 38.5 Å². The molecule has 1 unspecified atom stereocenters. The summed E-state index contributed by atoms with van der Waals surface area (Å²) in [6.07, 6.45) is 6.36. The summed E-state index contributed by atoms with van der Waals surface area (Å²) in [7, 11) is 0. The highest BCUT2D eigenvalue weighted by Crippen LogP contribution is 2.39. The molecular formula is C19H36O4. The highest BCUT2D eigenvalue weighted by atomic mass is 17.4. The number of esters is 1. The van der Waals surface area contributed by atoms with Crippen LogP contribution in [-0.4, -0.2) is 17.4 Å². The van der Waals surface area contributed by atoms with Gasteiger partial charge in [-0.1, -0.05) is 48.0 Å². The van der Waals surface area contributed by atoms with Gasteiger partial charge in [0, 0.05) is 6.42 Å². The second-order valence-electron chi connectivity index (χ2n) is 8.81. The number of carbonyl (C=O) groups excluding carboxylic acids is 1. The van der Waals surface area contributed by atoms with Crippen LogP contribution in [0.1, 0.15) is 93.4 Å². The van der Waals surface area contributed by atoms with Crippen LogP contribution in [-0.2, 0) is 19.3 Å². The van der Waals surface area contributed by atoms with Gasteiger partial charge in [-0.2, -0.15) is 9.78 Å². The van der Waals surface area contributed by atoms with E-state index >= 15 is 0 Å². The van der Waals surface area contributed by atoms with Crippen LogP contribution < -0.4 is 0 Å². The van der Waals surface area contributed by atoms with Crippen molar-refractivity contribution in [3.05, 3.63) is 0 Å². The zero-order chi connectivity index (χ0) is 17.7. The van der Waals surface area contributed by atoms with E-state index in [4.69, 9.17) is 14.5 Å². The van der Waals surface area contributed by atoms with Crippen molar-refractivity contribution in [2.45, 2.75) is 105 Å². The smallest absolute Gasteiger partial charge is 0.373 e. The van der Waals surface area contributed by atoms with Crippen LogP contribution in [0.15, 0.2) is 0 Å². The van der Waals surface area contributed by atoms with Gasteiger partial charge in [-0.3, -0.25) is 0 Å². The highest BCUT2D eigenvalue weighted by molar-refractivity contribution is 5.79. The fourth-order valence-corrected chi connectivity index (χ4v) is 2.64. The molecule has 0 aromatic heterocycles. The Morgan fingerprint density at radius 2 is 1.70 bits per heavy atom. The van der Waals surface area contributed by atoms with Crippen molar-refractivity contribution in [1.82, 2.24) is 0 Å². The second kappa shape index (κ2) is 7.98. The lowest BCUT2D eigenvalue weighted by molar-refractivity contribution is -0.167. The molecule has 0 amide bonds. The van der Waals surface area contributed by atoms with Crippen LogP contribution in [0.4, 0.5) is 0 Å². The summed E-state index contributed by atoms with van der Waals surface area (Å²) in [6.45, 7) is 15.1. The van der Waals surface area contributed by atoms with Crippen LogP contribution in [0.5, 0.6) is 0 Å². The molecule has 0 aromatic carbocycles. The van der Waals surface area contributed by atoms with Crippen molar-refractivity contribution in [3.8, 4) is 0 Å². The lowest BCUT2D eigenvalue weighted by atomic mass is 9.89. The number of hydrogen-bond acceptors (Lipinski definition) is 4. The van der Waals surface area contributed by atoms with Crippen LogP contribution in [0.25, 0.3) is 0 Å². The van der Waals surface area contributed by atoms with Crippen molar-refractivity contribution in [1.29, 1.82) is 0 Å². The lowest BCUT2D eigenvalue weighted by Crippen LogP contribution is -2.37. The van der Waals surface area contributed by atoms with Crippen molar-refractivity contribution in [3.63, 3.8) is 0 Å². The molecule has 1 heterocycles. The lowest BCUT2D eigenvalue weighted by Gasteiger charge is -2.29. The van der Waals surface area contributed by atoms with Crippen LogP contribution in [0.3, 0.4) is 0 Å². The molecule has 0 aromatic rings. The molecule has 0 bridgehead atoms. The average molecular weight is 328 g/mol. The molecular weight excluding hydrogens is 292 g/mol. The van der Waals surface area contributed by atoms with E-state index in [1.807, 2.05) is 6.92 Å². The van der Waals surface area contributed by atoms with Gasteiger partial charge >= 0.3 is 11.8 Å². The van der Waals surface area contributed by atoms with Gasteiger partial charge in [0.2, 0.25) is 0 Å². The molecule has 1 aliphatic rings. The molecule has 4 heteroatoms. The molecule has 1 saturated heterocycles. The molecule has 0 spiro atoms. The molecule has 1 atom stereocenters. The number of carbonyl (C=O) groups is 1. The van der Waals surface area contributed by atoms with Gasteiger partial charge in [0.05, 0.1) is 0 Å². The fourth-order valence-electron chi connectivity index (χ4n) is 2.64. The highest BCUT2D eigenvalue weighted by Gasteiger charge is 2.59. The quantitative estimate of drug-likeness (QED) is 0.306. The summed E-state index contributed by atoms with van der Waals surface area (Å²) in [5.74, 6) is -0.828. The first-order valence-electron chi connectivity index (χ1n) is 9.12. The van der Waals surface area contributed by atoms with Crippen molar-refractivity contribution in [2.75, 3.05) is 0 Å². The van der Waals surface area contributed by atoms with Crippen molar-refractivity contribution >= 4 is 5.97 Å². The number of rotatable bonds is 10. The predicted molar refractivity (Wildman–Crippen MR) is 91.7 cm³/mol. The van der Waals surface area contributed by atoms with E-state index in [2.05, 4.69) is 41.5 Å². The Kier molecular flexibility index (Phi) is 7.09. The summed E-state index contributed by atoms with van der Waals surface area (Å²) < 4.78 is 5.79. The zero-order valence-corrected chi connectivity index (χ0v) is 16.2. The van der Waals surface area contributed by atoms with Crippen LogP contribution >= 0.6 is 0 Å². The molecule has 1 rings (SSSR count). The van der Waals surface area contributed by atoms with E-state index in [1.54, 1.807) is 0 Å². The van der Waals surface area contributed by atoms with Crippen molar-refractivity contribution < 1.29 is 19.3 Å². The third-order valence-electron chi connectivity index (χ3n) is 4.60. The molecule has 1 fully saturated rings. The van der Waals surface area contributed by atoms with E-state index < -0.39 is 11.4 Å².